The first-order valence-electron chi connectivity index (χ1n) is 5.80. The molecule has 3 aromatic heterocycles. The minimum absolute atomic E-state index is 0.227. The Hall–Kier alpha value is -2.70. The van der Waals surface area contributed by atoms with Gasteiger partial charge in [-0.15, -0.1) is 0 Å². The average Bonchev–Trinajstić information content (AvgIpc) is 2.86. The topological polar surface area (TPSA) is 96.6 Å². The van der Waals surface area contributed by atoms with Crippen LogP contribution in [0, 0.1) is 0 Å². The van der Waals surface area contributed by atoms with E-state index in [1.807, 2.05) is 30.3 Å². The summed E-state index contributed by atoms with van der Waals surface area (Å²) >= 11 is 0. The van der Waals surface area contributed by atoms with Gasteiger partial charge in [-0.3, -0.25) is 10.1 Å². The minimum atomic E-state index is 0.227. The summed E-state index contributed by atoms with van der Waals surface area (Å²) in [6.07, 6.45) is 5.28. The summed E-state index contributed by atoms with van der Waals surface area (Å²) in [5.74, 6) is 0.977. The maximum atomic E-state index is 5.71. The van der Waals surface area contributed by atoms with Gasteiger partial charge in [-0.2, -0.15) is 15.1 Å². The standard InChI is InChI=1S/C12H13N7/c1-19(7-8-3-2-4-14-5-8)11-9-6-15-18-10(9)16-12(13)17-11/h2-6H,7H2,1H3,(H3,13,15,16,17,18). The van der Waals surface area contributed by atoms with Gasteiger partial charge in [0, 0.05) is 26.0 Å². The molecule has 3 N–H and O–H groups in total. The predicted octanol–water partition coefficient (Wildman–Crippen LogP) is 0.966. The van der Waals surface area contributed by atoms with Gasteiger partial charge in [-0.1, -0.05) is 6.07 Å². The van der Waals surface area contributed by atoms with Gasteiger partial charge in [0.1, 0.15) is 5.82 Å². The lowest BCUT2D eigenvalue weighted by atomic mass is 10.2. The van der Waals surface area contributed by atoms with Crippen molar-refractivity contribution in [3.63, 3.8) is 0 Å². The third-order valence-electron chi connectivity index (χ3n) is 2.81. The van der Waals surface area contributed by atoms with Gasteiger partial charge >= 0.3 is 0 Å². The molecule has 0 unspecified atom stereocenters. The van der Waals surface area contributed by atoms with Crippen molar-refractivity contribution in [2.24, 2.45) is 0 Å². The number of nitrogens with zero attached hydrogens (tertiary/aromatic N) is 5. The maximum Gasteiger partial charge on any atom is 0.224 e. The summed E-state index contributed by atoms with van der Waals surface area (Å²) in [7, 11) is 1.95. The second-order valence-corrected chi connectivity index (χ2v) is 4.26. The summed E-state index contributed by atoms with van der Waals surface area (Å²) in [6, 6.07) is 3.92. The molecule has 0 aliphatic rings. The van der Waals surface area contributed by atoms with E-state index >= 15 is 0 Å². The largest absolute Gasteiger partial charge is 0.368 e. The number of anilines is 2. The molecule has 3 aromatic rings. The first-order valence-corrected chi connectivity index (χ1v) is 5.80. The van der Waals surface area contributed by atoms with Gasteiger partial charge in [0.25, 0.3) is 0 Å². The van der Waals surface area contributed by atoms with Crippen molar-refractivity contribution in [2.75, 3.05) is 17.7 Å². The second kappa shape index (κ2) is 4.52. The number of aromatic amines is 1. The number of pyridine rings is 1. The summed E-state index contributed by atoms with van der Waals surface area (Å²) in [5, 5.41) is 7.62. The number of hydrogen-bond donors (Lipinski definition) is 2. The van der Waals surface area contributed by atoms with Crippen LogP contribution in [0.5, 0.6) is 0 Å². The van der Waals surface area contributed by atoms with Crippen LogP contribution in [0.1, 0.15) is 5.56 Å². The highest BCUT2D eigenvalue weighted by atomic mass is 15.2. The molecular formula is C12H13N7. The van der Waals surface area contributed by atoms with Gasteiger partial charge in [0.15, 0.2) is 5.65 Å². The van der Waals surface area contributed by atoms with Crippen LogP contribution in [0.3, 0.4) is 0 Å². The van der Waals surface area contributed by atoms with Gasteiger partial charge in [-0.25, -0.2) is 0 Å². The molecule has 19 heavy (non-hydrogen) atoms. The summed E-state index contributed by atoms with van der Waals surface area (Å²) < 4.78 is 0. The SMILES string of the molecule is CN(Cc1cccnc1)c1nc(N)nc2[nH]ncc12. The van der Waals surface area contributed by atoms with Crippen LogP contribution in [-0.4, -0.2) is 32.2 Å². The van der Waals surface area contributed by atoms with E-state index in [0.717, 1.165) is 16.8 Å². The van der Waals surface area contributed by atoms with E-state index in [0.29, 0.717) is 12.2 Å². The average molecular weight is 255 g/mol. The van der Waals surface area contributed by atoms with E-state index in [9.17, 15) is 0 Å². The highest BCUT2D eigenvalue weighted by Crippen LogP contribution is 2.23. The van der Waals surface area contributed by atoms with Crippen molar-refractivity contribution in [2.45, 2.75) is 6.54 Å². The Balaban J connectivity index is 1.97. The number of H-pyrrole nitrogens is 1. The molecule has 7 heteroatoms. The van der Waals surface area contributed by atoms with E-state index in [-0.39, 0.29) is 5.95 Å². The molecule has 0 spiro atoms. The van der Waals surface area contributed by atoms with Crippen LogP contribution < -0.4 is 10.6 Å². The number of hydrogen-bond acceptors (Lipinski definition) is 6. The van der Waals surface area contributed by atoms with E-state index in [2.05, 4.69) is 25.1 Å². The molecule has 0 amide bonds. The zero-order chi connectivity index (χ0) is 13.2. The van der Waals surface area contributed by atoms with E-state index in [4.69, 9.17) is 5.73 Å². The number of fused-ring (bicyclic) bond motifs is 1. The van der Waals surface area contributed by atoms with Crippen LogP contribution in [0.15, 0.2) is 30.7 Å². The van der Waals surface area contributed by atoms with Crippen molar-refractivity contribution in [1.82, 2.24) is 25.1 Å². The first kappa shape index (κ1) is 11.4. The Morgan fingerprint density at radius 2 is 2.21 bits per heavy atom. The van der Waals surface area contributed by atoms with Crippen LogP contribution in [0.4, 0.5) is 11.8 Å². The number of aromatic nitrogens is 5. The van der Waals surface area contributed by atoms with Crippen LogP contribution in [0.2, 0.25) is 0 Å². The molecular weight excluding hydrogens is 242 g/mol. The Kier molecular flexibility index (Phi) is 2.71. The number of nitrogen functional groups attached to an aromatic ring is 1. The van der Waals surface area contributed by atoms with Gasteiger partial charge in [-0.05, 0) is 11.6 Å². The number of rotatable bonds is 3. The smallest absolute Gasteiger partial charge is 0.224 e. The lowest BCUT2D eigenvalue weighted by Crippen LogP contribution is -2.19. The molecule has 0 saturated carbocycles. The van der Waals surface area contributed by atoms with Gasteiger partial charge in [0.05, 0.1) is 11.6 Å². The maximum absolute atomic E-state index is 5.71. The summed E-state index contributed by atoms with van der Waals surface area (Å²) in [4.78, 5) is 14.5. The number of nitrogens with one attached hydrogen (secondary N) is 1. The molecule has 96 valence electrons. The zero-order valence-corrected chi connectivity index (χ0v) is 10.4. The molecule has 0 saturated heterocycles. The molecule has 0 radical (unpaired) electrons. The molecule has 3 rings (SSSR count). The molecule has 0 aromatic carbocycles. The third-order valence-corrected chi connectivity index (χ3v) is 2.81. The predicted molar refractivity (Wildman–Crippen MR) is 72.4 cm³/mol. The molecule has 0 atom stereocenters. The van der Waals surface area contributed by atoms with E-state index in [1.54, 1.807) is 12.4 Å². The lowest BCUT2D eigenvalue weighted by Gasteiger charge is -2.18. The third kappa shape index (κ3) is 2.17. The van der Waals surface area contributed by atoms with Crippen LogP contribution in [-0.2, 0) is 6.54 Å². The van der Waals surface area contributed by atoms with Crippen molar-refractivity contribution >= 4 is 22.8 Å². The highest BCUT2D eigenvalue weighted by molar-refractivity contribution is 5.87. The Labute approximate surface area is 109 Å². The van der Waals surface area contributed by atoms with Crippen LogP contribution in [0.25, 0.3) is 11.0 Å². The van der Waals surface area contributed by atoms with Crippen molar-refractivity contribution < 1.29 is 0 Å². The van der Waals surface area contributed by atoms with E-state index in [1.165, 1.54) is 0 Å². The summed E-state index contributed by atoms with van der Waals surface area (Å²) in [5.41, 5.74) is 7.44. The molecule has 0 bridgehead atoms. The molecule has 0 aliphatic heterocycles. The Morgan fingerprint density at radius 3 is 3.00 bits per heavy atom. The molecule has 3 heterocycles. The Morgan fingerprint density at radius 1 is 1.32 bits per heavy atom. The Bertz CT molecular complexity index is 692. The fourth-order valence-electron chi connectivity index (χ4n) is 1.97. The monoisotopic (exact) mass is 255 g/mol. The lowest BCUT2D eigenvalue weighted by molar-refractivity contribution is 0.896. The second-order valence-electron chi connectivity index (χ2n) is 4.26. The molecule has 7 nitrogen and oxygen atoms in total. The fourth-order valence-corrected chi connectivity index (χ4v) is 1.97. The minimum Gasteiger partial charge on any atom is -0.368 e. The molecule has 0 fully saturated rings. The van der Waals surface area contributed by atoms with Crippen molar-refractivity contribution in [3.05, 3.63) is 36.3 Å². The van der Waals surface area contributed by atoms with Crippen molar-refractivity contribution in [3.8, 4) is 0 Å². The highest BCUT2D eigenvalue weighted by Gasteiger charge is 2.12. The summed E-state index contributed by atoms with van der Waals surface area (Å²) in [6.45, 7) is 0.685. The normalized spacial score (nSPS) is 10.8. The van der Waals surface area contributed by atoms with Gasteiger partial charge < -0.3 is 10.6 Å². The molecule has 0 aliphatic carbocycles. The van der Waals surface area contributed by atoms with E-state index < -0.39 is 0 Å². The quantitative estimate of drug-likeness (QED) is 0.723. The first-order chi connectivity index (χ1) is 9.24. The van der Waals surface area contributed by atoms with Gasteiger partial charge in [0.2, 0.25) is 5.95 Å². The zero-order valence-electron chi connectivity index (χ0n) is 10.4. The van der Waals surface area contributed by atoms with Crippen LogP contribution >= 0.6 is 0 Å². The fraction of sp³-hybridized carbons (Fsp3) is 0.167. The number of nitrogens with two attached hydrogens (primary N) is 1. The van der Waals surface area contributed by atoms with Crippen molar-refractivity contribution in [1.29, 1.82) is 0 Å².